The molecule has 0 radical (unpaired) electrons. The molecule has 3 heterocycles. The van der Waals surface area contributed by atoms with E-state index in [-0.39, 0.29) is 45.1 Å². The Balaban J connectivity index is 1.56. The quantitative estimate of drug-likeness (QED) is 0.179. The summed E-state index contributed by atoms with van der Waals surface area (Å²) in [4.78, 5) is 57.7. The molecule has 1 amide bonds. The van der Waals surface area contributed by atoms with Crippen LogP contribution in [0.1, 0.15) is 45.0 Å². The largest absolute Gasteiger partial charge is 0.462 e. The minimum Gasteiger partial charge on any atom is -0.462 e. The average Bonchev–Trinajstić information content (AvgIpc) is 3.44. The van der Waals surface area contributed by atoms with Crippen LogP contribution in [-0.4, -0.2) is 56.6 Å². The smallest absolute Gasteiger partial charge is 0.348 e. The number of carbonyl (C=O) groups is 3. The third-order valence-electron chi connectivity index (χ3n) is 5.34. The molecule has 38 heavy (non-hydrogen) atoms. The molecular weight excluding hydrogens is 530 g/mol. The first kappa shape index (κ1) is 27.1. The fraction of sp³-hybridized carbons (Fsp3) is 0.280. The molecule has 11 nitrogen and oxygen atoms in total. The molecule has 0 saturated heterocycles. The summed E-state index contributed by atoms with van der Waals surface area (Å²) < 4.78 is 11.8. The highest BCUT2D eigenvalue weighted by Crippen LogP contribution is 2.34. The number of anilines is 1. The van der Waals surface area contributed by atoms with Gasteiger partial charge >= 0.3 is 11.9 Å². The summed E-state index contributed by atoms with van der Waals surface area (Å²) in [6, 6.07) is 7.62. The molecule has 2 N–H and O–H groups in total. The molecule has 198 valence electrons. The number of esters is 2. The van der Waals surface area contributed by atoms with Gasteiger partial charge in [0, 0.05) is 0 Å². The van der Waals surface area contributed by atoms with Crippen LogP contribution in [0.15, 0.2) is 40.4 Å². The van der Waals surface area contributed by atoms with Crippen molar-refractivity contribution in [3.8, 4) is 5.69 Å². The number of hydrogen-bond acceptors (Lipinski definition) is 10. The first-order chi connectivity index (χ1) is 18.2. The van der Waals surface area contributed by atoms with E-state index in [9.17, 15) is 19.2 Å². The summed E-state index contributed by atoms with van der Waals surface area (Å²) in [5.74, 6) is -1.83. The van der Waals surface area contributed by atoms with E-state index in [0.29, 0.717) is 16.6 Å². The molecule has 0 aliphatic rings. The molecule has 0 unspecified atom stereocenters. The van der Waals surface area contributed by atoms with Crippen molar-refractivity contribution in [2.45, 2.75) is 32.9 Å². The second-order valence-corrected chi connectivity index (χ2v) is 10.0. The van der Waals surface area contributed by atoms with Gasteiger partial charge < -0.3 is 19.8 Å². The number of carbonyl (C=O) groups excluding carboxylic acids is 3. The Morgan fingerprint density at radius 1 is 1.13 bits per heavy atom. The highest BCUT2D eigenvalue weighted by Gasteiger charge is 2.27. The number of thiophene rings is 1. The van der Waals surface area contributed by atoms with E-state index in [1.807, 2.05) is 31.2 Å². The summed E-state index contributed by atoms with van der Waals surface area (Å²) in [7, 11) is 0. The molecule has 0 aliphatic heterocycles. The van der Waals surface area contributed by atoms with Crippen LogP contribution in [-0.2, 0) is 14.3 Å². The van der Waals surface area contributed by atoms with Gasteiger partial charge in [0.1, 0.15) is 15.3 Å². The summed E-state index contributed by atoms with van der Waals surface area (Å²) in [5, 5.41) is 7.72. The molecule has 4 rings (SSSR count). The minimum atomic E-state index is -0.652. The zero-order chi connectivity index (χ0) is 27.4. The molecule has 1 aromatic carbocycles. The van der Waals surface area contributed by atoms with E-state index < -0.39 is 17.8 Å². The molecular formula is C25H25N5O6S2. The Hall–Kier alpha value is -3.97. The van der Waals surface area contributed by atoms with Crippen molar-refractivity contribution in [1.82, 2.24) is 19.7 Å². The number of fused-ring (bicyclic) bond motifs is 1. The maximum absolute atomic E-state index is 12.8. The van der Waals surface area contributed by atoms with Crippen LogP contribution in [0.2, 0.25) is 0 Å². The van der Waals surface area contributed by atoms with E-state index in [0.717, 1.165) is 34.3 Å². The third kappa shape index (κ3) is 5.63. The number of benzene rings is 1. The normalized spacial score (nSPS) is 10.9. The molecule has 0 spiro atoms. The lowest BCUT2D eigenvalue weighted by atomic mass is 10.1. The van der Waals surface area contributed by atoms with Gasteiger partial charge in [-0.3, -0.25) is 9.59 Å². The second-order valence-electron chi connectivity index (χ2n) is 8.04. The van der Waals surface area contributed by atoms with Crippen molar-refractivity contribution >= 4 is 57.0 Å². The van der Waals surface area contributed by atoms with Gasteiger partial charge in [-0.25, -0.2) is 19.3 Å². The molecule has 0 aliphatic carbocycles. The lowest BCUT2D eigenvalue weighted by molar-refractivity contribution is -0.113. The summed E-state index contributed by atoms with van der Waals surface area (Å²) in [5.41, 5.74) is 2.24. The number of thioether (sulfide) groups is 1. The molecule has 0 fully saturated rings. The second kappa shape index (κ2) is 11.6. The predicted octanol–water partition coefficient (Wildman–Crippen LogP) is 3.87. The number of nitrogens with zero attached hydrogens (tertiary/aromatic N) is 3. The van der Waals surface area contributed by atoms with Gasteiger partial charge in [-0.2, -0.15) is 5.10 Å². The number of aromatic nitrogens is 4. The van der Waals surface area contributed by atoms with Gasteiger partial charge in [-0.15, -0.1) is 11.3 Å². The first-order valence-corrected chi connectivity index (χ1v) is 13.5. The SMILES string of the molecule is CCOC(=O)c1sc(NC(=O)CSc2nc3c(cnn3-c3cccc(C)c3)c(=O)[nH]2)c(C(=O)OCC)c1C. The topological polar surface area (TPSA) is 145 Å². The van der Waals surface area contributed by atoms with Crippen LogP contribution in [0.5, 0.6) is 0 Å². The van der Waals surface area contributed by atoms with E-state index in [4.69, 9.17) is 9.47 Å². The highest BCUT2D eigenvalue weighted by molar-refractivity contribution is 7.99. The zero-order valence-corrected chi connectivity index (χ0v) is 22.7. The highest BCUT2D eigenvalue weighted by atomic mass is 32.2. The number of nitrogens with one attached hydrogen (secondary N) is 2. The number of ether oxygens (including phenoxy) is 2. The van der Waals surface area contributed by atoms with Crippen molar-refractivity contribution in [1.29, 1.82) is 0 Å². The molecule has 13 heteroatoms. The van der Waals surface area contributed by atoms with E-state index in [2.05, 4.69) is 20.4 Å². The Morgan fingerprint density at radius 3 is 2.58 bits per heavy atom. The standard InChI is InChI=1S/C25H25N5O6S2/c1-5-35-23(33)18-14(4)19(24(34)36-6-2)38-22(18)27-17(31)12-37-25-28-20-16(21(32)29-25)11-26-30(20)15-9-7-8-13(3)10-15/h7-11H,5-6,12H2,1-4H3,(H,27,31)(H,28,29,32). The molecule has 0 saturated carbocycles. The van der Waals surface area contributed by atoms with Crippen molar-refractivity contribution in [2.75, 3.05) is 24.3 Å². The summed E-state index contributed by atoms with van der Waals surface area (Å²) in [6.45, 7) is 7.19. The van der Waals surface area contributed by atoms with Crippen molar-refractivity contribution in [3.05, 3.63) is 62.4 Å². The molecule has 0 bridgehead atoms. The van der Waals surface area contributed by atoms with Crippen molar-refractivity contribution < 1.29 is 23.9 Å². The van der Waals surface area contributed by atoms with Crippen molar-refractivity contribution in [3.63, 3.8) is 0 Å². The monoisotopic (exact) mass is 555 g/mol. The number of aryl methyl sites for hydroxylation is 1. The van der Waals surface area contributed by atoms with Crippen LogP contribution in [0.4, 0.5) is 5.00 Å². The number of aromatic amines is 1. The minimum absolute atomic E-state index is 0.105. The maximum Gasteiger partial charge on any atom is 0.348 e. The molecule has 3 aromatic heterocycles. The predicted molar refractivity (Wildman–Crippen MR) is 145 cm³/mol. The van der Waals surface area contributed by atoms with Gasteiger partial charge in [-0.05, 0) is 51.0 Å². The van der Waals surface area contributed by atoms with Crippen LogP contribution >= 0.6 is 23.1 Å². The fourth-order valence-electron chi connectivity index (χ4n) is 3.65. The number of amides is 1. The van der Waals surface area contributed by atoms with Crippen LogP contribution in [0.25, 0.3) is 16.7 Å². The summed E-state index contributed by atoms with van der Waals surface area (Å²) in [6.07, 6.45) is 1.45. The molecule has 0 atom stereocenters. The van der Waals surface area contributed by atoms with Crippen LogP contribution < -0.4 is 10.9 Å². The lowest BCUT2D eigenvalue weighted by Crippen LogP contribution is -2.17. The van der Waals surface area contributed by atoms with E-state index in [1.54, 1.807) is 25.5 Å². The number of rotatable bonds is 9. The van der Waals surface area contributed by atoms with Gasteiger partial charge in [0.15, 0.2) is 10.8 Å². The van der Waals surface area contributed by atoms with Gasteiger partial charge in [0.2, 0.25) is 5.91 Å². The van der Waals surface area contributed by atoms with Crippen molar-refractivity contribution in [2.24, 2.45) is 0 Å². The Labute approximate surface area is 225 Å². The van der Waals surface area contributed by atoms with Gasteiger partial charge in [-0.1, -0.05) is 23.9 Å². The van der Waals surface area contributed by atoms with Crippen LogP contribution in [0, 0.1) is 13.8 Å². The summed E-state index contributed by atoms with van der Waals surface area (Å²) >= 11 is 1.96. The van der Waals surface area contributed by atoms with E-state index in [1.165, 1.54) is 6.20 Å². The van der Waals surface area contributed by atoms with Gasteiger partial charge in [0.25, 0.3) is 5.56 Å². The Kier molecular flexibility index (Phi) is 8.27. The first-order valence-electron chi connectivity index (χ1n) is 11.7. The van der Waals surface area contributed by atoms with Crippen LogP contribution in [0.3, 0.4) is 0 Å². The third-order valence-corrected chi connectivity index (χ3v) is 7.40. The van der Waals surface area contributed by atoms with E-state index >= 15 is 0 Å². The lowest BCUT2D eigenvalue weighted by Gasteiger charge is -2.07. The fourth-order valence-corrected chi connectivity index (χ4v) is 5.41. The Morgan fingerprint density at radius 2 is 1.87 bits per heavy atom. The maximum atomic E-state index is 12.8. The number of hydrogen-bond donors (Lipinski definition) is 2. The van der Waals surface area contributed by atoms with Gasteiger partial charge in [0.05, 0.1) is 36.4 Å². The number of H-pyrrole nitrogens is 1. The molecule has 4 aromatic rings. The average molecular weight is 556 g/mol. The zero-order valence-electron chi connectivity index (χ0n) is 21.1. The Bertz CT molecular complexity index is 1590.